The molecule has 0 aliphatic rings. The van der Waals surface area contributed by atoms with E-state index >= 15 is 0 Å². The Balaban J connectivity index is 2.78. The van der Waals surface area contributed by atoms with Crippen molar-refractivity contribution in [1.82, 2.24) is 5.32 Å². The van der Waals surface area contributed by atoms with Gasteiger partial charge in [-0.05, 0) is 43.9 Å². The number of nitrogens with one attached hydrogen (secondary N) is 1. The lowest BCUT2D eigenvalue weighted by Crippen LogP contribution is -2.33. The van der Waals surface area contributed by atoms with Crippen LogP contribution in [0.15, 0.2) is 18.2 Å². The van der Waals surface area contributed by atoms with Gasteiger partial charge in [-0.1, -0.05) is 30.4 Å². The number of rotatable bonds is 6. The van der Waals surface area contributed by atoms with E-state index in [0.717, 1.165) is 23.5 Å². The first-order valence-electron chi connectivity index (χ1n) is 7.17. The van der Waals surface area contributed by atoms with Gasteiger partial charge in [0.1, 0.15) is 6.61 Å². The van der Waals surface area contributed by atoms with Gasteiger partial charge >= 0.3 is 0 Å². The van der Waals surface area contributed by atoms with Gasteiger partial charge in [-0.3, -0.25) is 4.79 Å². The van der Waals surface area contributed by atoms with Crippen molar-refractivity contribution in [2.24, 2.45) is 0 Å². The highest BCUT2D eigenvalue weighted by Gasteiger charge is 2.13. The SMILES string of the molecule is CCSCCC(C)NC(=O)c1cc(C)ccc1C#CCO. The van der Waals surface area contributed by atoms with E-state index in [-0.39, 0.29) is 18.6 Å². The van der Waals surface area contributed by atoms with Crippen LogP contribution in [0.5, 0.6) is 0 Å². The minimum absolute atomic E-state index is 0.102. The van der Waals surface area contributed by atoms with E-state index < -0.39 is 0 Å². The number of hydrogen-bond donors (Lipinski definition) is 2. The molecule has 0 aliphatic carbocycles. The lowest BCUT2D eigenvalue weighted by atomic mass is 10.0. The van der Waals surface area contributed by atoms with E-state index in [2.05, 4.69) is 24.1 Å². The Kier molecular flexibility index (Phi) is 7.96. The van der Waals surface area contributed by atoms with Gasteiger partial charge in [0.25, 0.3) is 5.91 Å². The molecule has 1 rings (SSSR count). The van der Waals surface area contributed by atoms with Crippen molar-refractivity contribution in [1.29, 1.82) is 0 Å². The Morgan fingerprint density at radius 1 is 1.48 bits per heavy atom. The summed E-state index contributed by atoms with van der Waals surface area (Å²) in [6.45, 7) is 5.89. The van der Waals surface area contributed by atoms with Gasteiger partial charge in [0, 0.05) is 11.6 Å². The number of aryl methyl sites for hydroxylation is 1. The van der Waals surface area contributed by atoms with Crippen molar-refractivity contribution >= 4 is 17.7 Å². The summed E-state index contributed by atoms with van der Waals surface area (Å²) in [6, 6.07) is 5.71. The molecule has 0 bridgehead atoms. The molecule has 1 atom stereocenters. The molecular weight excluding hydrogens is 282 g/mol. The van der Waals surface area contributed by atoms with E-state index in [4.69, 9.17) is 5.11 Å². The predicted octanol–water partition coefficient (Wildman–Crippen LogP) is 2.60. The molecule has 0 aromatic heterocycles. The standard InChI is InChI=1S/C17H23NO2S/c1-4-21-11-9-14(3)18-17(20)16-12-13(2)7-8-15(16)6-5-10-19/h7-8,12,14,19H,4,9-11H2,1-3H3,(H,18,20). The molecule has 1 aromatic carbocycles. The van der Waals surface area contributed by atoms with E-state index in [0.29, 0.717) is 11.1 Å². The van der Waals surface area contributed by atoms with Gasteiger partial charge in [0.05, 0.1) is 5.56 Å². The van der Waals surface area contributed by atoms with Gasteiger partial charge in [-0.25, -0.2) is 0 Å². The van der Waals surface area contributed by atoms with Crippen molar-refractivity contribution in [3.8, 4) is 11.8 Å². The summed E-state index contributed by atoms with van der Waals surface area (Å²) >= 11 is 1.87. The van der Waals surface area contributed by atoms with Gasteiger partial charge in [-0.2, -0.15) is 11.8 Å². The van der Waals surface area contributed by atoms with E-state index in [1.54, 1.807) is 0 Å². The van der Waals surface area contributed by atoms with Crippen molar-refractivity contribution < 1.29 is 9.90 Å². The lowest BCUT2D eigenvalue weighted by Gasteiger charge is -2.14. The molecule has 2 N–H and O–H groups in total. The number of aliphatic hydroxyl groups is 1. The minimum Gasteiger partial charge on any atom is -0.384 e. The van der Waals surface area contributed by atoms with Crippen LogP contribution >= 0.6 is 11.8 Å². The number of benzene rings is 1. The molecule has 0 fully saturated rings. The molecule has 1 amide bonds. The van der Waals surface area contributed by atoms with Gasteiger partial charge < -0.3 is 10.4 Å². The third-order valence-corrected chi connectivity index (χ3v) is 3.93. The summed E-state index contributed by atoms with van der Waals surface area (Å²) in [5, 5.41) is 11.8. The molecule has 0 aliphatic heterocycles. The largest absolute Gasteiger partial charge is 0.384 e. The Hall–Kier alpha value is -1.44. The second-order valence-corrected chi connectivity index (χ2v) is 6.26. The number of amides is 1. The molecule has 1 unspecified atom stereocenters. The number of hydrogen-bond acceptors (Lipinski definition) is 3. The highest BCUT2D eigenvalue weighted by atomic mass is 32.2. The van der Waals surface area contributed by atoms with Crippen LogP contribution in [0.4, 0.5) is 0 Å². The second kappa shape index (κ2) is 9.49. The predicted molar refractivity (Wildman–Crippen MR) is 89.7 cm³/mol. The summed E-state index contributed by atoms with van der Waals surface area (Å²) in [5.74, 6) is 7.47. The third-order valence-electron chi connectivity index (χ3n) is 3.00. The molecule has 0 saturated carbocycles. The van der Waals surface area contributed by atoms with Crippen molar-refractivity contribution in [2.75, 3.05) is 18.1 Å². The first-order chi connectivity index (χ1) is 10.1. The highest BCUT2D eigenvalue weighted by molar-refractivity contribution is 7.99. The first-order valence-corrected chi connectivity index (χ1v) is 8.33. The molecular formula is C17H23NO2S. The third kappa shape index (κ3) is 6.24. The maximum Gasteiger partial charge on any atom is 0.252 e. The van der Waals surface area contributed by atoms with Crippen LogP contribution in [-0.2, 0) is 0 Å². The molecule has 3 nitrogen and oxygen atoms in total. The topological polar surface area (TPSA) is 49.3 Å². The smallest absolute Gasteiger partial charge is 0.252 e. The molecule has 0 radical (unpaired) electrons. The zero-order valence-electron chi connectivity index (χ0n) is 12.9. The van der Waals surface area contributed by atoms with Crippen molar-refractivity contribution in [3.05, 3.63) is 34.9 Å². The second-order valence-electron chi connectivity index (χ2n) is 4.87. The van der Waals surface area contributed by atoms with Crippen LogP contribution < -0.4 is 5.32 Å². The molecule has 4 heteroatoms. The van der Waals surface area contributed by atoms with Crippen molar-refractivity contribution in [2.45, 2.75) is 33.2 Å². The van der Waals surface area contributed by atoms with Crippen LogP contribution in [-0.4, -0.2) is 35.2 Å². The zero-order valence-corrected chi connectivity index (χ0v) is 13.7. The van der Waals surface area contributed by atoms with Crippen molar-refractivity contribution in [3.63, 3.8) is 0 Å². The fraction of sp³-hybridized carbons (Fsp3) is 0.471. The Bertz CT molecular complexity index is 531. The van der Waals surface area contributed by atoms with Gasteiger partial charge in [0.15, 0.2) is 0 Å². The average molecular weight is 305 g/mol. The Labute approximate surface area is 131 Å². The van der Waals surface area contributed by atoms with Gasteiger partial charge in [-0.15, -0.1) is 0 Å². The average Bonchev–Trinajstić information content (AvgIpc) is 2.46. The maximum atomic E-state index is 12.4. The first kappa shape index (κ1) is 17.6. The molecule has 0 spiro atoms. The van der Waals surface area contributed by atoms with Gasteiger partial charge in [0.2, 0.25) is 0 Å². The summed E-state index contributed by atoms with van der Waals surface area (Å²) in [4.78, 5) is 12.4. The fourth-order valence-corrected chi connectivity index (χ4v) is 2.68. The number of carbonyl (C=O) groups excluding carboxylic acids is 1. The normalized spacial score (nSPS) is 11.4. The molecule has 1 aromatic rings. The van der Waals surface area contributed by atoms with E-state index in [1.165, 1.54) is 0 Å². The highest BCUT2D eigenvalue weighted by Crippen LogP contribution is 2.12. The molecule has 21 heavy (non-hydrogen) atoms. The van der Waals surface area contributed by atoms with Crippen LogP contribution in [0, 0.1) is 18.8 Å². The fourth-order valence-electron chi connectivity index (χ4n) is 1.87. The number of carbonyl (C=O) groups is 1. The van der Waals surface area contributed by atoms with E-state index in [9.17, 15) is 4.79 Å². The monoisotopic (exact) mass is 305 g/mol. The van der Waals surface area contributed by atoms with Crippen LogP contribution in [0.2, 0.25) is 0 Å². The molecule has 0 saturated heterocycles. The van der Waals surface area contributed by atoms with Crippen LogP contribution in [0.1, 0.15) is 41.8 Å². The van der Waals surface area contributed by atoms with Crippen LogP contribution in [0.25, 0.3) is 0 Å². The summed E-state index contributed by atoms with van der Waals surface area (Å²) in [5.41, 5.74) is 2.25. The zero-order chi connectivity index (χ0) is 15.7. The van der Waals surface area contributed by atoms with Crippen LogP contribution in [0.3, 0.4) is 0 Å². The quantitative estimate of drug-likeness (QED) is 0.627. The maximum absolute atomic E-state index is 12.4. The summed E-state index contributed by atoms with van der Waals surface area (Å²) < 4.78 is 0. The molecule has 0 heterocycles. The Morgan fingerprint density at radius 2 is 2.24 bits per heavy atom. The van der Waals surface area contributed by atoms with E-state index in [1.807, 2.05) is 43.8 Å². The molecule has 114 valence electrons. The summed E-state index contributed by atoms with van der Waals surface area (Å²) in [7, 11) is 0. The number of aliphatic hydroxyl groups excluding tert-OH is 1. The Morgan fingerprint density at radius 3 is 2.90 bits per heavy atom. The summed E-state index contributed by atoms with van der Waals surface area (Å²) in [6.07, 6.45) is 0.952. The lowest BCUT2D eigenvalue weighted by molar-refractivity contribution is 0.0939. The minimum atomic E-state index is -0.209. The number of thioether (sulfide) groups is 1.